The van der Waals surface area contributed by atoms with Gasteiger partial charge in [0, 0.05) is 41.3 Å². The zero-order chi connectivity index (χ0) is 26.5. The predicted molar refractivity (Wildman–Crippen MR) is 131 cm³/mol. The fourth-order valence-electron chi connectivity index (χ4n) is 4.36. The molecule has 2 heterocycles. The number of phenols is 1. The Morgan fingerprint density at radius 2 is 1.78 bits per heavy atom. The van der Waals surface area contributed by atoms with E-state index in [0.29, 0.717) is 22.3 Å². The molecular formula is C24H23NO9S2. The topological polar surface area (TPSA) is 165 Å². The van der Waals surface area contributed by atoms with E-state index in [1.807, 2.05) is 13.8 Å². The van der Waals surface area contributed by atoms with Crippen molar-refractivity contribution in [2.24, 2.45) is 0 Å². The van der Waals surface area contributed by atoms with E-state index < -0.39 is 37.0 Å². The summed E-state index contributed by atoms with van der Waals surface area (Å²) in [6.45, 7) is 3.76. The molecule has 10 nitrogen and oxygen atoms in total. The molecule has 0 unspecified atom stereocenters. The minimum atomic E-state index is -4.47. The molecule has 0 amide bonds. The van der Waals surface area contributed by atoms with Crippen molar-refractivity contribution in [3.05, 3.63) is 70.1 Å². The van der Waals surface area contributed by atoms with E-state index in [1.165, 1.54) is 36.4 Å². The number of benzene rings is 2. The molecular weight excluding hydrogens is 510 g/mol. The maximum absolute atomic E-state index is 12.5. The Hall–Kier alpha value is -3.32. The van der Waals surface area contributed by atoms with E-state index in [-0.39, 0.29) is 34.8 Å². The third kappa shape index (κ3) is 5.12. The summed E-state index contributed by atoms with van der Waals surface area (Å²) < 4.78 is 73.4. The number of hydrogen-bond acceptors (Lipinski definition) is 8. The van der Waals surface area contributed by atoms with Crippen LogP contribution in [0.5, 0.6) is 5.75 Å². The van der Waals surface area contributed by atoms with E-state index in [0.717, 1.165) is 0 Å². The standard InChI is InChI=1S/C24H23NO9S2/c1-24(2)19-14-18(36(31,32)33)7-8-20(19)25(10-3-11-35(28,29)30)22(24)9-5-16-12-15-4-6-17(26)13-21(15)34-23(16)27/h4-9,12-14H,3,10-11H2,1-2H3,(H2,28,29,30,31,32,33). The predicted octanol–water partition coefficient (Wildman–Crippen LogP) is 2.77. The molecule has 0 bridgehead atoms. The summed E-state index contributed by atoms with van der Waals surface area (Å²) in [5, 5.41) is 10.2. The Bertz CT molecular complexity index is 1710. The molecule has 1 aromatic heterocycles. The van der Waals surface area contributed by atoms with Crippen molar-refractivity contribution in [2.45, 2.75) is 30.6 Å². The highest BCUT2D eigenvalue weighted by Crippen LogP contribution is 2.41. The summed E-state index contributed by atoms with van der Waals surface area (Å²) in [6, 6.07) is 10.1. The SMILES string of the molecule is CC1(C)C(/C=C/c2cc3ccc(O)cc3oc2=O)=[N+](CCCS(=O)(=O)[O-])c2ccc(S(=O)(=O)O)cc21. The van der Waals surface area contributed by atoms with Crippen LogP contribution in [0.25, 0.3) is 17.0 Å². The van der Waals surface area contributed by atoms with Gasteiger partial charge in [-0.1, -0.05) is 0 Å². The minimum absolute atomic E-state index is 0.0142. The summed E-state index contributed by atoms with van der Waals surface area (Å²) in [6.07, 6.45) is 3.19. The molecule has 36 heavy (non-hydrogen) atoms. The van der Waals surface area contributed by atoms with Crippen molar-refractivity contribution in [2.75, 3.05) is 12.3 Å². The molecule has 0 spiro atoms. The Labute approximate surface area is 207 Å². The Kier molecular flexibility index (Phi) is 6.41. The first-order valence-corrected chi connectivity index (χ1v) is 13.8. The van der Waals surface area contributed by atoms with Gasteiger partial charge >= 0.3 is 5.63 Å². The first-order chi connectivity index (χ1) is 16.7. The number of phenolic OH excluding ortho intramolecular Hbond substituents is 1. The van der Waals surface area contributed by atoms with E-state index in [4.69, 9.17) is 4.42 Å². The van der Waals surface area contributed by atoms with Crippen LogP contribution in [-0.2, 0) is 25.7 Å². The van der Waals surface area contributed by atoms with Crippen LogP contribution in [0.15, 0.2) is 62.6 Å². The molecule has 0 fully saturated rings. The molecule has 0 atom stereocenters. The summed E-state index contributed by atoms with van der Waals surface area (Å²) in [4.78, 5) is 12.2. The second kappa shape index (κ2) is 8.96. The number of allylic oxidation sites excluding steroid dienone is 1. The lowest BCUT2D eigenvalue weighted by Gasteiger charge is -2.16. The number of aromatic hydroxyl groups is 1. The Morgan fingerprint density at radius 1 is 1.06 bits per heavy atom. The first kappa shape index (κ1) is 25.8. The van der Waals surface area contributed by atoms with Gasteiger partial charge in [-0.3, -0.25) is 4.55 Å². The zero-order valence-corrected chi connectivity index (χ0v) is 21.0. The average Bonchev–Trinajstić information content (AvgIpc) is 2.97. The third-order valence-electron chi connectivity index (χ3n) is 6.10. The monoisotopic (exact) mass is 533 g/mol. The number of fused-ring (bicyclic) bond motifs is 2. The number of nitrogens with zero attached hydrogens (tertiary/aromatic N) is 1. The van der Waals surface area contributed by atoms with Crippen LogP contribution in [0.1, 0.15) is 31.4 Å². The maximum Gasteiger partial charge on any atom is 0.343 e. The van der Waals surface area contributed by atoms with Crippen LogP contribution >= 0.6 is 0 Å². The van der Waals surface area contributed by atoms with Crippen molar-refractivity contribution < 1.29 is 40.0 Å². The third-order valence-corrected chi connectivity index (χ3v) is 7.74. The summed E-state index contributed by atoms with van der Waals surface area (Å²) >= 11 is 0. The number of hydrogen-bond donors (Lipinski definition) is 2. The molecule has 190 valence electrons. The van der Waals surface area contributed by atoms with Crippen molar-refractivity contribution in [3.63, 3.8) is 0 Å². The lowest BCUT2D eigenvalue weighted by molar-refractivity contribution is -0.437. The van der Waals surface area contributed by atoms with E-state index in [9.17, 15) is 35.8 Å². The van der Waals surface area contributed by atoms with Gasteiger partial charge in [0.1, 0.15) is 17.9 Å². The summed E-state index contributed by atoms with van der Waals surface area (Å²) in [5.41, 5.74) is 0.727. The maximum atomic E-state index is 12.5. The van der Waals surface area contributed by atoms with Crippen LogP contribution < -0.4 is 5.63 Å². The normalized spacial score (nSPS) is 15.7. The van der Waals surface area contributed by atoms with Gasteiger partial charge in [0.25, 0.3) is 10.1 Å². The van der Waals surface area contributed by atoms with Crippen LogP contribution in [0.2, 0.25) is 0 Å². The highest BCUT2D eigenvalue weighted by Gasteiger charge is 2.44. The van der Waals surface area contributed by atoms with E-state index in [1.54, 1.807) is 22.8 Å². The molecule has 2 aromatic carbocycles. The molecule has 2 N–H and O–H groups in total. The lowest BCUT2D eigenvalue weighted by atomic mass is 9.81. The fourth-order valence-corrected chi connectivity index (χ4v) is 5.35. The van der Waals surface area contributed by atoms with Crippen LogP contribution in [0.4, 0.5) is 5.69 Å². The molecule has 3 aromatic rings. The molecule has 0 radical (unpaired) electrons. The van der Waals surface area contributed by atoms with Gasteiger partial charge in [0.05, 0.1) is 26.0 Å². The first-order valence-electron chi connectivity index (χ1n) is 10.8. The van der Waals surface area contributed by atoms with Crippen molar-refractivity contribution in [3.8, 4) is 5.75 Å². The van der Waals surface area contributed by atoms with E-state index in [2.05, 4.69) is 0 Å². The second-order valence-electron chi connectivity index (χ2n) is 8.98. The summed E-state index contributed by atoms with van der Waals surface area (Å²) in [7, 11) is -8.91. The van der Waals surface area contributed by atoms with Crippen molar-refractivity contribution in [1.29, 1.82) is 0 Å². The molecule has 4 rings (SSSR count). The Morgan fingerprint density at radius 3 is 2.44 bits per heavy atom. The summed E-state index contributed by atoms with van der Waals surface area (Å²) in [5.74, 6) is -0.629. The second-order valence-corrected chi connectivity index (χ2v) is 11.9. The van der Waals surface area contributed by atoms with Gasteiger partial charge in [-0.05, 0) is 50.3 Å². The highest BCUT2D eigenvalue weighted by atomic mass is 32.2. The molecule has 1 aliphatic rings. The molecule has 0 aliphatic carbocycles. The van der Waals surface area contributed by atoms with Crippen LogP contribution in [0, 0.1) is 0 Å². The van der Waals surface area contributed by atoms with Gasteiger partial charge in [-0.25, -0.2) is 13.2 Å². The van der Waals surface area contributed by atoms with Gasteiger partial charge in [0.15, 0.2) is 5.71 Å². The minimum Gasteiger partial charge on any atom is -0.748 e. The molecule has 12 heteroatoms. The van der Waals surface area contributed by atoms with E-state index >= 15 is 0 Å². The van der Waals surface area contributed by atoms with Crippen molar-refractivity contribution in [1.82, 2.24) is 0 Å². The fraction of sp³-hybridized carbons (Fsp3) is 0.250. The number of rotatable bonds is 7. The zero-order valence-electron chi connectivity index (χ0n) is 19.3. The van der Waals surface area contributed by atoms with Gasteiger partial charge in [-0.2, -0.15) is 13.0 Å². The quantitative estimate of drug-likeness (QED) is 0.264. The average molecular weight is 534 g/mol. The molecule has 1 aliphatic heterocycles. The molecule has 0 saturated carbocycles. The molecule has 0 saturated heterocycles. The lowest BCUT2D eigenvalue weighted by Crippen LogP contribution is -2.28. The van der Waals surface area contributed by atoms with Gasteiger partial charge < -0.3 is 14.1 Å². The highest BCUT2D eigenvalue weighted by molar-refractivity contribution is 7.86. The smallest absolute Gasteiger partial charge is 0.343 e. The Balaban J connectivity index is 1.82. The van der Waals surface area contributed by atoms with Crippen molar-refractivity contribution >= 4 is 48.7 Å². The van der Waals surface area contributed by atoms with Gasteiger partial charge in [-0.15, -0.1) is 0 Å². The van der Waals surface area contributed by atoms with Crippen LogP contribution in [0.3, 0.4) is 0 Å². The largest absolute Gasteiger partial charge is 0.748 e. The van der Waals surface area contributed by atoms with Gasteiger partial charge in [0.2, 0.25) is 5.69 Å². The van der Waals surface area contributed by atoms with Crippen LogP contribution in [-0.4, -0.2) is 53.6 Å².